The molecule has 0 aliphatic heterocycles. The van der Waals surface area contributed by atoms with E-state index in [1.165, 1.54) is 29.7 Å². The van der Waals surface area contributed by atoms with Crippen molar-refractivity contribution >= 4 is 32.9 Å². The second kappa shape index (κ2) is 7.57. The number of aryl methyl sites for hydroxylation is 1. The minimum atomic E-state index is -3.98. The second-order valence-corrected chi connectivity index (χ2v) is 8.38. The van der Waals surface area contributed by atoms with Crippen LogP contribution in [0.3, 0.4) is 0 Å². The number of sulfonamides is 1. The molecule has 1 aromatic carbocycles. The van der Waals surface area contributed by atoms with Gasteiger partial charge in [0.15, 0.2) is 11.6 Å². The summed E-state index contributed by atoms with van der Waals surface area (Å²) >= 11 is 1.52. The number of thiazole rings is 1. The number of pyridine rings is 1. The number of anilines is 2. The van der Waals surface area contributed by atoms with Gasteiger partial charge in [0.05, 0.1) is 11.7 Å². The Bertz CT molecular complexity index is 1050. The van der Waals surface area contributed by atoms with Gasteiger partial charge in [-0.15, -0.1) is 11.3 Å². The van der Waals surface area contributed by atoms with Gasteiger partial charge in [-0.1, -0.05) is 0 Å². The molecule has 0 amide bonds. The van der Waals surface area contributed by atoms with Crippen LogP contribution in [0, 0.1) is 18.6 Å². The van der Waals surface area contributed by atoms with Crippen molar-refractivity contribution in [2.75, 3.05) is 10.0 Å². The third-order valence-corrected chi connectivity index (χ3v) is 6.10. The summed E-state index contributed by atoms with van der Waals surface area (Å²) in [6, 6.07) is 5.57. The number of nitrogens with zero attached hydrogens (tertiary/aromatic N) is 2. The number of aromatic nitrogens is 2. The summed E-state index contributed by atoms with van der Waals surface area (Å²) < 4.78 is 53.1. The number of hydrogen-bond donors (Lipinski definition) is 2. The highest BCUT2D eigenvalue weighted by atomic mass is 32.2. The van der Waals surface area contributed by atoms with Gasteiger partial charge in [0.2, 0.25) is 0 Å². The largest absolute Gasteiger partial charge is 0.361 e. The Morgan fingerprint density at radius 2 is 1.93 bits per heavy atom. The third-order valence-electron chi connectivity index (χ3n) is 3.59. The van der Waals surface area contributed by atoms with E-state index in [1.54, 1.807) is 0 Å². The Morgan fingerprint density at radius 3 is 2.52 bits per heavy atom. The van der Waals surface area contributed by atoms with Gasteiger partial charge in [-0.2, -0.15) is 0 Å². The molecule has 0 aliphatic carbocycles. The second-order valence-electron chi connectivity index (χ2n) is 5.81. The molecular formula is C17H16F2N4O2S2. The van der Waals surface area contributed by atoms with E-state index in [9.17, 15) is 17.2 Å². The summed E-state index contributed by atoms with van der Waals surface area (Å²) in [7, 11) is -3.98. The van der Waals surface area contributed by atoms with Crippen LogP contribution in [0.25, 0.3) is 0 Å². The first-order chi connectivity index (χ1) is 12.7. The molecule has 142 valence electrons. The van der Waals surface area contributed by atoms with Gasteiger partial charge in [-0.3, -0.25) is 4.72 Å². The summed E-state index contributed by atoms with van der Waals surface area (Å²) in [4.78, 5) is 8.39. The lowest BCUT2D eigenvalue weighted by atomic mass is 10.3. The fourth-order valence-corrected chi connectivity index (χ4v) is 4.05. The molecule has 3 rings (SSSR count). The molecule has 27 heavy (non-hydrogen) atoms. The fraction of sp³-hybridized carbons (Fsp3) is 0.176. The highest BCUT2D eigenvalue weighted by Gasteiger charge is 2.17. The van der Waals surface area contributed by atoms with Crippen LogP contribution in [0.15, 0.2) is 46.8 Å². The summed E-state index contributed by atoms with van der Waals surface area (Å²) in [6.07, 6.45) is 1.18. The predicted molar refractivity (Wildman–Crippen MR) is 100 cm³/mol. The van der Waals surface area contributed by atoms with Crippen molar-refractivity contribution in [1.82, 2.24) is 9.97 Å². The summed E-state index contributed by atoms with van der Waals surface area (Å²) in [6.45, 7) is 3.83. The molecule has 2 heterocycles. The van der Waals surface area contributed by atoms with Crippen LogP contribution in [0.5, 0.6) is 0 Å². The summed E-state index contributed by atoms with van der Waals surface area (Å²) in [5, 5.41) is 5.98. The molecule has 0 saturated heterocycles. The molecular weight excluding hydrogens is 394 g/mol. The number of hydrogen-bond acceptors (Lipinski definition) is 6. The topological polar surface area (TPSA) is 84.0 Å². The molecule has 6 nitrogen and oxygen atoms in total. The van der Waals surface area contributed by atoms with E-state index in [-0.39, 0.29) is 16.6 Å². The van der Waals surface area contributed by atoms with Crippen molar-refractivity contribution in [3.63, 3.8) is 0 Å². The van der Waals surface area contributed by atoms with Gasteiger partial charge < -0.3 is 5.32 Å². The zero-order chi connectivity index (χ0) is 19.6. The van der Waals surface area contributed by atoms with Crippen LogP contribution >= 0.6 is 11.3 Å². The quantitative estimate of drug-likeness (QED) is 0.639. The molecule has 3 aromatic rings. The first kappa shape index (κ1) is 19.2. The summed E-state index contributed by atoms with van der Waals surface area (Å²) in [5.41, 5.74) is 0.852. The van der Waals surface area contributed by atoms with Crippen molar-refractivity contribution < 1.29 is 17.2 Å². The highest BCUT2D eigenvalue weighted by Crippen LogP contribution is 2.23. The molecule has 2 N–H and O–H groups in total. The van der Waals surface area contributed by atoms with E-state index in [1.807, 2.05) is 19.2 Å². The van der Waals surface area contributed by atoms with Crippen LogP contribution in [0.2, 0.25) is 0 Å². The lowest BCUT2D eigenvalue weighted by Gasteiger charge is -2.13. The van der Waals surface area contributed by atoms with E-state index in [0.29, 0.717) is 5.82 Å². The Hall–Kier alpha value is -2.59. The van der Waals surface area contributed by atoms with E-state index in [0.717, 1.165) is 28.9 Å². The molecule has 0 radical (unpaired) electrons. The van der Waals surface area contributed by atoms with E-state index < -0.39 is 21.7 Å². The van der Waals surface area contributed by atoms with Gasteiger partial charge in [-0.25, -0.2) is 27.2 Å². The zero-order valence-electron chi connectivity index (χ0n) is 14.4. The summed E-state index contributed by atoms with van der Waals surface area (Å²) in [5.74, 6) is -1.71. The van der Waals surface area contributed by atoms with E-state index >= 15 is 0 Å². The average Bonchev–Trinajstić information content (AvgIpc) is 3.05. The van der Waals surface area contributed by atoms with Crippen LogP contribution in [-0.4, -0.2) is 18.4 Å². The number of benzene rings is 1. The SMILES string of the molecule is Cc1csc(C(C)Nc2ccc(S(=O)(=O)Nc3ccc(F)c(F)c3)cn2)n1. The van der Waals surface area contributed by atoms with Crippen molar-refractivity contribution in [1.29, 1.82) is 0 Å². The molecule has 0 bridgehead atoms. The lowest BCUT2D eigenvalue weighted by Crippen LogP contribution is -2.14. The van der Waals surface area contributed by atoms with Crippen molar-refractivity contribution in [2.45, 2.75) is 24.8 Å². The van der Waals surface area contributed by atoms with Crippen LogP contribution in [0.4, 0.5) is 20.3 Å². The van der Waals surface area contributed by atoms with Crippen LogP contribution < -0.4 is 10.0 Å². The Labute approximate surface area is 159 Å². The Balaban J connectivity index is 1.72. The highest BCUT2D eigenvalue weighted by molar-refractivity contribution is 7.92. The van der Waals surface area contributed by atoms with Crippen molar-refractivity contribution in [3.05, 3.63) is 64.2 Å². The molecule has 1 unspecified atom stereocenters. The van der Waals surface area contributed by atoms with E-state index in [4.69, 9.17) is 0 Å². The van der Waals surface area contributed by atoms with Gasteiger partial charge >= 0.3 is 0 Å². The smallest absolute Gasteiger partial charge is 0.263 e. The minimum absolute atomic E-state index is 0.0798. The maximum atomic E-state index is 13.2. The predicted octanol–water partition coefficient (Wildman–Crippen LogP) is 4.10. The lowest BCUT2D eigenvalue weighted by molar-refractivity contribution is 0.509. The number of halogens is 2. The first-order valence-corrected chi connectivity index (χ1v) is 10.2. The fourth-order valence-electron chi connectivity index (χ4n) is 2.25. The van der Waals surface area contributed by atoms with Gasteiger partial charge in [0.1, 0.15) is 15.7 Å². The van der Waals surface area contributed by atoms with Crippen molar-refractivity contribution in [2.24, 2.45) is 0 Å². The molecule has 0 saturated carbocycles. The first-order valence-electron chi connectivity index (χ1n) is 7.87. The van der Waals surface area contributed by atoms with E-state index in [2.05, 4.69) is 20.0 Å². The molecule has 10 heteroatoms. The minimum Gasteiger partial charge on any atom is -0.361 e. The van der Waals surface area contributed by atoms with Crippen LogP contribution in [-0.2, 0) is 10.0 Å². The number of rotatable bonds is 6. The third kappa shape index (κ3) is 4.58. The molecule has 0 aliphatic rings. The molecule has 1 atom stereocenters. The maximum Gasteiger partial charge on any atom is 0.263 e. The monoisotopic (exact) mass is 410 g/mol. The average molecular weight is 410 g/mol. The zero-order valence-corrected chi connectivity index (χ0v) is 16.0. The Kier molecular flexibility index (Phi) is 5.38. The van der Waals surface area contributed by atoms with Gasteiger partial charge in [0.25, 0.3) is 10.0 Å². The van der Waals surface area contributed by atoms with Crippen LogP contribution in [0.1, 0.15) is 23.7 Å². The maximum absolute atomic E-state index is 13.2. The molecule has 0 fully saturated rings. The van der Waals surface area contributed by atoms with Gasteiger partial charge in [0, 0.05) is 23.3 Å². The van der Waals surface area contributed by atoms with Crippen molar-refractivity contribution in [3.8, 4) is 0 Å². The Morgan fingerprint density at radius 1 is 1.15 bits per heavy atom. The molecule has 2 aromatic heterocycles. The van der Waals surface area contributed by atoms with Gasteiger partial charge in [-0.05, 0) is 38.1 Å². The number of nitrogens with one attached hydrogen (secondary N) is 2. The standard InChI is InChI=1S/C17H16F2N4O2S2/c1-10-9-26-17(21-10)11(2)22-16-6-4-13(8-20-16)27(24,25)23-12-3-5-14(18)15(19)7-12/h3-9,11,23H,1-2H3,(H,20,22). The molecule has 0 spiro atoms. The normalized spacial score (nSPS) is 12.6.